The Kier molecular flexibility index (Phi) is 8.30. The van der Waals surface area contributed by atoms with Crippen molar-refractivity contribution in [2.75, 3.05) is 24.7 Å². The maximum atomic E-state index is 8.46. The molecule has 72 valence electrons. The lowest BCUT2D eigenvalue weighted by molar-refractivity contribution is 0.296. The average Bonchev–Trinajstić information content (AvgIpc) is 2.10. The minimum absolute atomic E-state index is 0.253. The molecular formula is C6H16N4OS. The molecule has 0 radical (unpaired) electrons. The summed E-state index contributed by atoms with van der Waals surface area (Å²) in [6.07, 6.45) is 0.832. The van der Waals surface area contributed by atoms with Gasteiger partial charge < -0.3 is 10.8 Å². The third-order valence-electron chi connectivity index (χ3n) is 1.11. The third-order valence-corrected chi connectivity index (χ3v) is 2.16. The van der Waals surface area contributed by atoms with Crippen LogP contribution in [0.4, 0.5) is 0 Å². The molecule has 5 nitrogen and oxygen atoms in total. The van der Waals surface area contributed by atoms with Crippen LogP contribution >= 0.6 is 11.8 Å². The summed E-state index contributed by atoms with van der Waals surface area (Å²) in [5.74, 6) is 7.12. The highest BCUT2D eigenvalue weighted by Gasteiger charge is 1.88. The lowest BCUT2D eigenvalue weighted by Crippen LogP contribution is -2.37. The van der Waals surface area contributed by atoms with Crippen LogP contribution in [0.2, 0.25) is 0 Å². The summed E-state index contributed by atoms with van der Waals surface area (Å²) in [5.41, 5.74) is 7.52. The van der Waals surface area contributed by atoms with Crippen LogP contribution in [0.5, 0.6) is 0 Å². The predicted molar refractivity (Wildman–Crippen MR) is 52.8 cm³/mol. The van der Waals surface area contributed by atoms with Crippen molar-refractivity contribution in [1.82, 2.24) is 5.43 Å². The van der Waals surface area contributed by atoms with E-state index in [1.807, 2.05) is 0 Å². The average molecular weight is 192 g/mol. The van der Waals surface area contributed by atoms with Crippen molar-refractivity contribution in [2.45, 2.75) is 6.42 Å². The van der Waals surface area contributed by atoms with Gasteiger partial charge in [0.1, 0.15) is 0 Å². The van der Waals surface area contributed by atoms with Crippen LogP contribution in [0.1, 0.15) is 6.42 Å². The molecule has 0 rings (SSSR count). The molecule has 0 aromatic rings. The van der Waals surface area contributed by atoms with Crippen LogP contribution in [-0.4, -0.2) is 35.7 Å². The summed E-state index contributed by atoms with van der Waals surface area (Å²) >= 11 is 1.74. The van der Waals surface area contributed by atoms with Gasteiger partial charge in [-0.1, -0.05) is 0 Å². The van der Waals surface area contributed by atoms with Gasteiger partial charge in [-0.2, -0.15) is 11.8 Å². The fourth-order valence-electron chi connectivity index (χ4n) is 0.545. The second-order valence-electron chi connectivity index (χ2n) is 2.10. The smallest absolute Gasteiger partial charge is 0.203 e. The van der Waals surface area contributed by atoms with Gasteiger partial charge >= 0.3 is 0 Å². The molecule has 0 amide bonds. The van der Waals surface area contributed by atoms with Crippen LogP contribution in [0.3, 0.4) is 0 Å². The molecule has 0 heterocycles. The number of aliphatic hydroxyl groups excluding tert-OH is 1. The molecule has 0 saturated heterocycles. The minimum Gasteiger partial charge on any atom is -0.396 e. The molecule has 6 N–H and O–H groups in total. The second-order valence-corrected chi connectivity index (χ2v) is 3.33. The highest BCUT2D eigenvalue weighted by atomic mass is 32.2. The number of guanidine groups is 1. The van der Waals surface area contributed by atoms with Gasteiger partial charge in [0.2, 0.25) is 5.96 Å². The molecule has 0 fully saturated rings. The number of aliphatic imine (C=N–C) groups is 1. The van der Waals surface area contributed by atoms with E-state index >= 15 is 0 Å². The normalized spacial score (nSPS) is 11.7. The zero-order valence-electron chi connectivity index (χ0n) is 6.99. The number of aliphatic hydroxyl groups is 1. The van der Waals surface area contributed by atoms with Crippen molar-refractivity contribution in [2.24, 2.45) is 16.6 Å². The van der Waals surface area contributed by atoms with Gasteiger partial charge in [0, 0.05) is 12.4 Å². The van der Waals surface area contributed by atoms with E-state index in [9.17, 15) is 0 Å². The second kappa shape index (κ2) is 8.63. The number of nitrogens with zero attached hydrogens (tertiary/aromatic N) is 1. The number of rotatable bonds is 6. The van der Waals surface area contributed by atoms with E-state index in [2.05, 4.69) is 10.4 Å². The number of hydrogen-bond donors (Lipinski definition) is 4. The van der Waals surface area contributed by atoms with E-state index in [-0.39, 0.29) is 12.6 Å². The van der Waals surface area contributed by atoms with Crippen molar-refractivity contribution in [1.29, 1.82) is 0 Å². The first kappa shape index (κ1) is 11.5. The van der Waals surface area contributed by atoms with Gasteiger partial charge in [-0.25, -0.2) is 5.84 Å². The Morgan fingerprint density at radius 2 is 2.25 bits per heavy atom. The standard InChI is InChI=1S/C6H16N4OS/c7-6(10-8)9-2-5-12-4-1-3-11/h11H,1-5,8H2,(H3,7,9,10). The number of thioether (sulfide) groups is 1. The number of hydrazine groups is 1. The van der Waals surface area contributed by atoms with E-state index in [4.69, 9.17) is 16.7 Å². The monoisotopic (exact) mass is 192 g/mol. The summed E-state index contributed by atoms with van der Waals surface area (Å²) in [6, 6.07) is 0. The topological polar surface area (TPSA) is 96.7 Å². The number of hydrogen-bond acceptors (Lipinski definition) is 4. The highest BCUT2D eigenvalue weighted by Crippen LogP contribution is 2.00. The van der Waals surface area contributed by atoms with Crippen LogP contribution in [0, 0.1) is 0 Å². The Bertz CT molecular complexity index is 131. The molecule has 0 bridgehead atoms. The van der Waals surface area contributed by atoms with Gasteiger partial charge in [0.15, 0.2) is 0 Å². The van der Waals surface area contributed by atoms with Gasteiger partial charge in [0.25, 0.3) is 0 Å². The maximum absolute atomic E-state index is 8.46. The van der Waals surface area contributed by atoms with E-state index in [1.165, 1.54) is 0 Å². The van der Waals surface area contributed by atoms with E-state index in [0.29, 0.717) is 6.54 Å². The molecule has 0 unspecified atom stereocenters. The first-order valence-electron chi connectivity index (χ1n) is 3.76. The summed E-state index contributed by atoms with van der Waals surface area (Å²) in [7, 11) is 0. The maximum Gasteiger partial charge on any atom is 0.203 e. The minimum atomic E-state index is 0.253. The highest BCUT2D eigenvalue weighted by molar-refractivity contribution is 7.99. The molecule has 12 heavy (non-hydrogen) atoms. The molecule has 0 saturated carbocycles. The fraction of sp³-hybridized carbons (Fsp3) is 0.833. The molecule has 0 aromatic carbocycles. The van der Waals surface area contributed by atoms with Crippen molar-refractivity contribution in [3.05, 3.63) is 0 Å². The van der Waals surface area contributed by atoms with Gasteiger partial charge in [-0.3, -0.25) is 10.4 Å². The van der Waals surface area contributed by atoms with Crippen molar-refractivity contribution >= 4 is 17.7 Å². The Morgan fingerprint density at radius 3 is 2.83 bits per heavy atom. The van der Waals surface area contributed by atoms with Crippen LogP contribution < -0.4 is 17.0 Å². The zero-order valence-corrected chi connectivity index (χ0v) is 7.81. The number of nitrogens with two attached hydrogens (primary N) is 2. The first-order chi connectivity index (χ1) is 5.81. The first-order valence-corrected chi connectivity index (χ1v) is 4.92. The molecule has 0 aliphatic rings. The van der Waals surface area contributed by atoms with Gasteiger partial charge in [0.05, 0.1) is 6.54 Å². The van der Waals surface area contributed by atoms with E-state index in [0.717, 1.165) is 17.9 Å². The molecule has 0 aliphatic heterocycles. The zero-order chi connectivity index (χ0) is 9.23. The Morgan fingerprint density at radius 1 is 1.50 bits per heavy atom. The predicted octanol–water partition coefficient (Wildman–Crippen LogP) is -1.12. The molecule has 6 heteroatoms. The Labute approximate surface area is 76.6 Å². The third kappa shape index (κ3) is 7.64. The van der Waals surface area contributed by atoms with Crippen molar-refractivity contribution < 1.29 is 5.11 Å². The molecular weight excluding hydrogens is 176 g/mol. The largest absolute Gasteiger partial charge is 0.396 e. The summed E-state index contributed by atoms with van der Waals surface area (Å²) in [6.45, 7) is 0.912. The Hall–Kier alpha value is -0.460. The fourth-order valence-corrected chi connectivity index (χ4v) is 1.30. The van der Waals surface area contributed by atoms with E-state index < -0.39 is 0 Å². The lowest BCUT2D eigenvalue weighted by Gasteiger charge is -1.98. The molecule has 0 aromatic heterocycles. The van der Waals surface area contributed by atoms with Crippen molar-refractivity contribution in [3.8, 4) is 0 Å². The van der Waals surface area contributed by atoms with Crippen LogP contribution in [-0.2, 0) is 0 Å². The Balaban J connectivity index is 3.10. The van der Waals surface area contributed by atoms with E-state index in [1.54, 1.807) is 11.8 Å². The SMILES string of the molecule is NNC(N)=NCCSCCCO. The quantitative estimate of drug-likeness (QED) is 0.140. The van der Waals surface area contributed by atoms with Crippen molar-refractivity contribution in [3.63, 3.8) is 0 Å². The van der Waals surface area contributed by atoms with Crippen LogP contribution in [0.25, 0.3) is 0 Å². The summed E-state index contributed by atoms with van der Waals surface area (Å²) in [5, 5.41) is 8.46. The molecule has 0 aliphatic carbocycles. The van der Waals surface area contributed by atoms with Gasteiger partial charge in [-0.05, 0) is 12.2 Å². The molecule has 0 spiro atoms. The summed E-state index contributed by atoms with van der Waals surface area (Å²) in [4.78, 5) is 3.92. The summed E-state index contributed by atoms with van der Waals surface area (Å²) < 4.78 is 0. The lowest BCUT2D eigenvalue weighted by atomic mass is 10.5. The molecule has 0 atom stereocenters. The number of nitrogens with one attached hydrogen (secondary N) is 1. The van der Waals surface area contributed by atoms with Crippen LogP contribution in [0.15, 0.2) is 4.99 Å². The van der Waals surface area contributed by atoms with Gasteiger partial charge in [-0.15, -0.1) is 0 Å².